The molecule has 3 heterocycles. The van der Waals surface area contributed by atoms with Crippen molar-refractivity contribution in [2.24, 2.45) is 0 Å². The summed E-state index contributed by atoms with van der Waals surface area (Å²) in [7, 11) is 0. The van der Waals surface area contributed by atoms with E-state index >= 15 is 0 Å². The number of amides is 1. The topological polar surface area (TPSA) is 85.0 Å². The maximum absolute atomic E-state index is 12.8. The first-order chi connectivity index (χ1) is 10.6. The van der Waals surface area contributed by atoms with Gasteiger partial charge in [-0.15, -0.1) is 0 Å². The van der Waals surface area contributed by atoms with Crippen molar-refractivity contribution in [3.8, 4) is 0 Å². The van der Waals surface area contributed by atoms with E-state index in [-0.39, 0.29) is 11.8 Å². The highest BCUT2D eigenvalue weighted by Gasteiger charge is 2.32. The Balaban J connectivity index is 1.78. The van der Waals surface area contributed by atoms with E-state index in [1.807, 2.05) is 24.8 Å². The van der Waals surface area contributed by atoms with Crippen LogP contribution in [0.4, 0.5) is 0 Å². The van der Waals surface area contributed by atoms with Crippen molar-refractivity contribution in [3.63, 3.8) is 0 Å². The summed E-state index contributed by atoms with van der Waals surface area (Å²) in [6.45, 7) is 6.91. The van der Waals surface area contributed by atoms with Crippen molar-refractivity contribution < 1.29 is 9.32 Å². The van der Waals surface area contributed by atoms with E-state index in [9.17, 15) is 4.79 Å². The summed E-state index contributed by atoms with van der Waals surface area (Å²) in [6, 6.07) is 1.82. The molecule has 0 bridgehead atoms. The number of carbonyl (C=O) groups excluding carboxylic acids is 1. The minimum absolute atomic E-state index is 0.00795. The summed E-state index contributed by atoms with van der Waals surface area (Å²) in [5, 5.41) is 12.0. The number of hydrogen-bond donors (Lipinski definition) is 0. The van der Waals surface area contributed by atoms with Gasteiger partial charge in [-0.2, -0.15) is 15.2 Å². The highest BCUT2D eigenvalue weighted by molar-refractivity contribution is 5.95. The largest absolute Gasteiger partial charge is 0.339 e. The first-order valence-electron chi connectivity index (χ1n) is 7.51. The van der Waals surface area contributed by atoms with Crippen molar-refractivity contribution in [1.29, 1.82) is 0 Å². The quantitative estimate of drug-likeness (QED) is 0.857. The van der Waals surface area contributed by atoms with Gasteiger partial charge in [0.05, 0.1) is 22.9 Å². The van der Waals surface area contributed by atoms with Crippen LogP contribution in [0.15, 0.2) is 10.6 Å². The normalized spacial score (nSPS) is 18.0. The number of rotatable bonds is 3. The van der Waals surface area contributed by atoms with Gasteiger partial charge in [0.2, 0.25) is 5.89 Å². The third kappa shape index (κ3) is 2.70. The minimum atomic E-state index is 0.00795. The molecule has 2 aromatic heterocycles. The first kappa shape index (κ1) is 14.6. The molecule has 1 amide bonds. The van der Waals surface area contributed by atoms with Crippen molar-refractivity contribution in [2.45, 2.75) is 39.5 Å². The third-order valence-electron chi connectivity index (χ3n) is 3.93. The van der Waals surface area contributed by atoms with Crippen LogP contribution in [0.25, 0.3) is 0 Å². The summed E-state index contributed by atoms with van der Waals surface area (Å²) in [5.41, 5.74) is 2.15. The van der Waals surface area contributed by atoms with Gasteiger partial charge in [0.15, 0.2) is 5.82 Å². The maximum Gasteiger partial charge on any atom is 0.255 e. The van der Waals surface area contributed by atoms with Crippen LogP contribution in [0.3, 0.4) is 0 Å². The lowest BCUT2D eigenvalue weighted by molar-refractivity contribution is 0.0787. The summed E-state index contributed by atoms with van der Waals surface area (Å²) < 4.78 is 5.22. The highest BCUT2D eigenvalue weighted by atomic mass is 16.5. The zero-order valence-corrected chi connectivity index (χ0v) is 13.0. The number of aryl methyl sites for hydroxylation is 3. The van der Waals surface area contributed by atoms with Gasteiger partial charge in [-0.1, -0.05) is 12.1 Å². The van der Waals surface area contributed by atoms with Crippen LogP contribution < -0.4 is 0 Å². The fourth-order valence-electron chi connectivity index (χ4n) is 2.76. The van der Waals surface area contributed by atoms with Gasteiger partial charge in [-0.25, -0.2) is 0 Å². The zero-order valence-electron chi connectivity index (χ0n) is 13.0. The molecule has 1 saturated heterocycles. The van der Waals surface area contributed by atoms with Crippen molar-refractivity contribution in [2.75, 3.05) is 13.1 Å². The van der Waals surface area contributed by atoms with E-state index in [2.05, 4.69) is 20.3 Å². The Kier molecular flexibility index (Phi) is 3.87. The molecule has 3 rings (SSSR count). The highest BCUT2D eigenvalue weighted by Crippen LogP contribution is 2.27. The number of nitrogens with zero attached hydrogens (tertiary/aromatic N) is 5. The predicted molar refractivity (Wildman–Crippen MR) is 78.4 cm³/mol. The van der Waals surface area contributed by atoms with Gasteiger partial charge < -0.3 is 9.42 Å². The molecule has 0 N–H and O–H groups in total. The van der Waals surface area contributed by atoms with Crippen LogP contribution in [-0.2, 0) is 6.42 Å². The van der Waals surface area contributed by atoms with Crippen LogP contribution in [-0.4, -0.2) is 44.2 Å². The van der Waals surface area contributed by atoms with Crippen molar-refractivity contribution in [1.82, 2.24) is 25.2 Å². The van der Waals surface area contributed by atoms with Gasteiger partial charge >= 0.3 is 0 Å². The number of hydrogen-bond acceptors (Lipinski definition) is 6. The van der Waals surface area contributed by atoms with Gasteiger partial charge in [0.25, 0.3) is 5.91 Å². The number of likely N-dealkylation sites (tertiary alicyclic amines) is 1. The Morgan fingerprint density at radius 2 is 2.23 bits per heavy atom. The molecule has 1 aliphatic rings. The van der Waals surface area contributed by atoms with Crippen molar-refractivity contribution >= 4 is 5.91 Å². The SMILES string of the molecule is CCc1nnc(C)cc1C(=O)N1CCC(c2nc(C)no2)C1. The standard InChI is InChI=1S/C15H19N5O2/c1-4-13-12(7-9(2)17-18-13)15(21)20-6-5-11(8-20)14-16-10(3)19-22-14/h7,11H,4-6,8H2,1-3H3. The van der Waals surface area contributed by atoms with Crippen LogP contribution in [0.5, 0.6) is 0 Å². The fraction of sp³-hybridized carbons (Fsp3) is 0.533. The fourth-order valence-corrected chi connectivity index (χ4v) is 2.76. The molecule has 0 aromatic carbocycles. The molecule has 0 aliphatic carbocycles. The molecule has 1 aliphatic heterocycles. The lowest BCUT2D eigenvalue weighted by atomic mass is 10.1. The number of aromatic nitrogens is 4. The average Bonchev–Trinajstić information content (AvgIpc) is 3.15. The first-order valence-corrected chi connectivity index (χ1v) is 7.51. The van der Waals surface area contributed by atoms with E-state index < -0.39 is 0 Å². The molecule has 0 saturated carbocycles. The Morgan fingerprint density at radius 3 is 2.91 bits per heavy atom. The minimum Gasteiger partial charge on any atom is -0.339 e. The Morgan fingerprint density at radius 1 is 1.41 bits per heavy atom. The smallest absolute Gasteiger partial charge is 0.255 e. The molecule has 116 valence electrons. The molecular weight excluding hydrogens is 282 g/mol. The zero-order chi connectivity index (χ0) is 15.7. The van der Waals surface area contributed by atoms with E-state index in [4.69, 9.17) is 4.52 Å². The molecule has 0 spiro atoms. The second-order valence-electron chi connectivity index (χ2n) is 5.62. The maximum atomic E-state index is 12.8. The predicted octanol–water partition coefficient (Wildman–Crippen LogP) is 1.67. The van der Waals surface area contributed by atoms with E-state index in [1.165, 1.54) is 0 Å². The number of carbonyl (C=O) groups is 1. The summed E-state index contributed by atoms with van der Waals surface area (Å²) >= 11 is 0. The van der Waals surface area contributed by atoms with Crippen molar-refractivity contribution in [3.05, 3.63) is 34.7 Å². The molecule has 22 heavy (non-hydrogen) atoms. The second-order valence-corrected chi connectivity index (χ2v) is 5.62. The summed E-state index contributed by atoms with van der Waals surface area (Å²) in [6.07, 6.45) is 1.53. The molecule has 0 radical (unpaired) electrons. The van der Waals surface area contributed by atoms with E-state index in [0.29, 0.717) is 36.8 Å². The molecule has 7 heteroatoms. The average molecular weight is 301 g/mol. The Bertz CT molecular complexity index is 697. The molecular formula is C15H19N5O2. The van der Waals surface area contributed by atoms with Gasteiger partial charge in [0, 0.05) is 13.1 Å². The van der Waals surface area contributed by atoms with Crippen LogP contribution in [0.2, 0.25) is 0 Å². The molecule has 1 atom stereocenters. The van der Waals surface area contributed by atoms with Gasteiger partial charge in [-0.05, 0) is 32.8 Å². The summed E-state index contributed by atoms with van der Waals surface area (Å²) in [5.74, 6) is 1.37. The molecule has 1 unspecified atom stereocenters. The Hall–Kier alpha value is -2.31. The monoisotopic (exact) mass is 301 g/mol. The van der Waals surface area contributed by atoms with Gasteiger partial charge in [-0.3, -0.25) is 4.79 Å². The molecule has 1 fully saturated rings. The molecule has 7 nitrogen and oxygen atoms in total. The second kappa shape index (κ2) is 5.82. The van der Waals surface area contributed by atoms with E-state index in [0.717, 1.165) is 17.8 Å². The van der Waals surface area contributed by atoms with Crippen LogP contribution >= 0.6 is 0 Å². The summed E-state index contributed by atoms with van der Waals surface area (Å²) in [4.78, 5) is 18.9. The Labute approximate surface area is 128 Å². The lowest BCUT2D eigenvalue weighted by Crippen LogP contribution is -2.30. The third-order valence-corrected chi connectivity index (χ3v) is 3.93. The van der Waals surface area contributed by atoms with Crippen LogP contribution in [0, 0.1) is 13.8 Å². The van der Waals surface area contributed by atoms with E-state index in [1.54, 1.807) is 6.92 Å². The van der Waals surface area contributed by atoms with Gasteiger partial charge in [0.1, 0.15) is 0 Å². The molecule has 2 aromatic rings. The lowest BCUT2D eigenvalue weighted by Gasteiger charge is -2.17. The van der Waals surface area contributed by atoms with Crippen LogP contribution in [0.1, 0.15) is 52.7 Å².